The van der Waals surface area contributed by atoms with E-state index in [2.05, 4.69) is 0 Å². The van der Waals surface area contributed by atoms with E-state index in [4.69, 9.17) is 16.3 Å². The van der Waals surface area contributed by atoms with E-state index in [1.807, 2.05) is 0 Å². The minimum absolute atomic E-state index is 0.103. The summed E-state index contributed by atoms with van der Waals surface area (Å²) >= 11 is 5.90. The summed E-state index contributed by atoms with van der Waals surface area (Å²) in [6.45, 7) is 1.84. The van der Waals surface area contributed by atoms with Crippen molar-refractivity contribution in [3.8, 4) is 5.75 Å². The van der Waals surface area contributed by atoms with Gasteiger partial charge in [-0.3, -0.25) is 9.10 Å². The largest absolute Gasteiger partial charge is 0.489 e. The molecule has 120 valence electrons. The normalized spacial score (nSPS) is 14.1. The Kier molecular flexibility index (Phi) is 4.04. The van der Waals surface area contributed by atoms with Gasteiger partial charge >= 0.3 is 0 Å². The van der Waals surface area contributed by atoms with Crippen LogP contribution in [0.4, 0.5) is 5.69 Å². The zero-order valence-corrected chi connectivity index (χ0v) is 13.9. The number of fused-ring (bicyclic) bond motifs is 1. The molecule has 23 heavy (non-hydrogen) atoms. The highest BCUT2D eigenvalue weighted by Crippen LogP contribution is 2.36. The van der Waals surface area contributed by atoms with Gasteiger partial charge in [0.2, 0.25) is 0 Å². The third kappa shape index (κ3) is 2.92. The van der Waals surface area contributed by atoms with Gasteiger partial charge in [-0.25, -0.2) is 8.42 Å². The summed E-state index contributed by atoms with van der Waals surface area (Å²) in [5.74, 6) is 0.297. The lowest BCUT2D eigenvalue weighted by molar-refractivity contribution is 0.101. The van der Waals surface area contributed by atoms with Crippen molar-refractivity contribution in [3.63, 3.8) is 0 Å². The summed E-state index contributed by atoms with van der Waals surface area (Å²) in [5.41, 5.74) is 0.796. The van der Waals surface area contributed by atoms with Crippen molar-refractivity contribution in [3.05, 3.63) is 53.1 Å². The van der Waals surface area contributed by atoms with Gasteiger partial charge in [-0.15, -0.1) is 0 Å². The first-order valence-electron chi connectivity index (χ1n) is 6.96. The van der Waals surface area contributed by atoms with Gasteiger partial charge in [-0.1, -0.05) is 17.7 Å². The number of sulfonamides is 1. The van der Waals surface area contributed by atoms with Gasteiger partial charge < -0.3 is 4.74 Å². The predicted molar refractivity (Wildman–Crippen MR) is 87.9 cm³/mol. The lowest BCUT2D eigenvalue weighted by Gasteiger charge is -2.30. The molecule has 0 N–H and O–H groups in total. The van der Waals surface area contributed by atoms with Gasteiger partial charge in [0, 0.05) is 10.6 Å². The van der Waals surface area contributed by atoms with Crippen LogP contribution in [0.5, 0.6) is 5.75 Å². The van der Waals surface area contributed by atoms with Crippen molar-refractivity contribution in [2.45, 2.75) is 11.8 Å². The molecule has 0 radical (unpaired) electrons. The highest BCUT2D eigenvalue weighted by molar-refractivity contribution is 7.92. The van der Waals surface area contributed by atoms with E-state index in [1.54, 1.807) is 30.3 Å². The number of carbonyl (C=O) groups is 1. The first-order valence-corrected chi connectivity index (χ1v) is 8.77. The molecule has 0 saturated heterocycles. The zero-order valence-electron chi connectivity index (χ0n) is 12.3. The third-order valence-electron chi connectivity index (χ3n) is 3.57. The molecule has 0 atom stereocenters. The molecule has 0 aliphatic carbocycles. The lowest BCUT2D eigenvalue weighted by atomic mass is 10.1. The molecular weight excluding hydrogens is 338 g/mol. The molecule has 7 heteroatoms. The average Bonchev–Trinajstić information content (AvgIpc) is 2.53. The number of anilines is 1. The summed E-state index contributed by atoms with van der Waals surface area (Å²) < 4.78 is 32.6. The quantitative estimate of drug-likeness (QED) is 0.797. The van der Waals surface area contributed by atoms with Crippen molar-refractivity contribution in [2.24, 2.45) is 0 Å². The van der Waals surface area contributed by atoms with Crippen LogP contribution in [0.25, 0.3) is 0 Å². The lowest BCUT2D eigenvalue weighted by Crippen LogP contribution is -2.38. The average molecular weight is 352 g/mol. The summed E-state index contributed by atoms with van der Waals surface area (Å²) in [6.07, 6.45) is 0. The van der Waals surface area contributed by atoms with Crippen LogP contribution in [0.2, 0.25) is 5.02 Å². The van der Waals surface area contributed by atoms with Crippen molar-refractivity contribution in [1.29, 1.82) is 0 Å². The second-order valence-corrected chi connectivity index (χ2v) is 7.42. The Hall–Kier alpha value is -2.05. The number of hydrogen-bond acceptors (Lipinski definition) is 4. The van der Waals surface area contributed by atoms with Crippen molar-refractivity contribution in [2.75, 3.05) is 17.5 Å². The number of Topliss-reactive ketones (excluding diaryl/α,β-unsaturated/α-hetero) is 1. The number of ether oxygens (including phenoxy) is 1. The predicted octanol–water partition coefficient (Wildman–Crippen LogP) is 3.13. The topological polar surface area (TPSA) is 63.7 Å². The van der Waals surface area contributed by atoms with Crippen LogP contribution < -0.4 is 9.04 Å². The maximum Gasteiger partial charge on any atom is 0.264 e. The number of ketones is 1. The van der Waals surface area contributed by atoms with E-state index in [1.165, 1.54) is 23.4 Å². The van der Waals surface area contributed by atoms with Gasteiger partial charge in [0.1, 0.15) is 12.4 Å². The molecule has 1 aliphatic heterocycles. The number of benzene rings is 2. The summed E-state index contributed by atoms with van der Waals surface area (Å²) in [7, 11) is -3.78. The number of nitrogens with zero attached hydrogens (tertiary/aromatic N) is 1. The SMILES string of the molecule is CC(=O)c1ccc2c(c1)N(S(=O)(=O)c1cccc(Cl)c1)CCO2. The van der Waals surface area contributed by atoms with Crippen LogP contribution in [0.15, 0.2) is 47.4 Å². The standard InChI is InChI=1S/C16H14ClNO4S/c1-11(19)12-5-6-16-15(9-12)18(7-8-22-16)23(20,21)14-4-2-3-13(17)10-14/h2-6,9-10H,7-8H2,1H3. The van der Waals surface area contributed by atoms with Gasteiger partial charge in [-0.05, 0) is 43.3 Å². The smallest absolute Gasteiger partial charge is 0.264 e. The minimum Gasteiger partial charge on any atom is -0.489 e. The fourth-order valence-electron chi connectivity index (χ4n) is 2.42. The monoisotopic (exact) mass is 351 g/mol. The first-order chi connectivity index (χ1) is 10.9. The van der Waals surface area contributed by atoms with Gasteiger partial charge in [-0.2, -0.15) is 0 Å². The fraction of sp³-hybridized carbons (Fsp3) is 0.188. The molecule has 0 fully saturated rings. The summed E-state index contributed by atoms with van der Waals surface area (Å²) in [6, 6.07) is 10.9. The van der Waals surface area contributed by atoms with E-state index >= 15 is 0 Å². The molecule has 1 aliphatic rings. The molecule has 0 aromatic heterocycles. The van der Waals surface area contributed by atoms with Gasteiger partial charge in [0.05, 0.1) is 17.1 Å². The molecule has 0 saturated carbocycles. The van der Waals surface area contributed by atoms with E-state index < -0.39 is 10.0 Å². The first kappa shape index (κ1) is 15.8. The second kappa shape index (κ2) is 5.86. The molecule has 2 aromatic rings. The number of halogens is 1. The van der Waals surface area contributed by atoms with Crippen LogP contribution in [0.3, 0.4) is 0 Å². The molecule has 5 nitrogen and oxygen atoms in total. The van der Waals surface area contributed by atoms with Crippen LogP contribution in [0, 0.1) is 0 Å². The Morgan fingerprint density at radius 3 is 2.70 bits per heavy atom. The van der Waals surface area contributed by atoms with Crippen LogP contribution in [-0.4, -0.2) is 27.4 Å². The highest BCUT2D eigenvalue weighted by Gasteiger charge is 2.30. The third-order valence-corrected chi connectivity index (χ3v) is 5.61. The summed E-state index contributed by atoms with van der Waals surface area (Å²) in [4.78, 5) is 11.7. The molecule has 2 aromatic carbocycles. The fourth-order valence-corrected chi connectivity index (χ4v) is 4.17. The van der Waals surface area contributed by atoms with E-state index in [9.17, 15) is 13.2 Å². The molecule has 1 heterocycles. The Bertz CT molecular complexity index is 879. The van der Waals surface area contributed by atoms with Crippen LogP contribution in [0.1, 0.15) is 17.3 Å². The molecule has 0 unspecified atom stereocenters. The Morgan fingerprint density at radius 2 is 2.00 bits per heavy atom. The van der Waals surface area contributed by atoms with E-state index in [-0.39, 0.29) is 23.8 Å². The van der Waals surface area contributed by atoms with Crippen molar-refractivity contribution < 1.29 is 17.9 Å². The van der Waals surface area contributed by atoms with E-state index in [0.29, 0.717) is 22.0 Å². The Labute approximate surface area is 139 Å². The number of hydrogen-bond donors (Lipinski definition) is 0. The van der Waals surface area contributed by atoms with Gasteiger partial charge in [0.15, 0.2) is 5.78 Å². The molecule has 3 rings (SSSR count). The van der Waals surface area contributed by atoms with E-state index in [0.717, 1.165) is 0 Å². The van der Waals surface area contributed by atoms with Crippen LogP contribution in [-0.2, 0) is 10.0 Å². The highest BCUT2D eigenvalue weighted by atomic mass is 35.5. The van der Waals surface area contributed by atoms with Crippen molar-refractivity contribution >= 4 is 33.1 Å². The summed E-state index contributed by atoms with van der Waals surface area (Å²) in [5, 5.41) is 0.344. The van der Waals surface area contributed by atoms with Crippen molar-refractivity contribution in [1.82, 2.24) is 0 Å². The molecular formula is C16H14ClNO4S. The maximum atomic E-state index is 12.9. The Morgan fingerprint density at radius 1 is 1.22 bits per heavy atom. The molecule has 0 amide bonds. The van der Waals surface area contributed by atoms with Gasteiger partial charge in [0.25, 0.3) is 10.0 Å². The Balaban J connectivity index is 2.12. The second-order valence-electron chi connectivity index (χ2n) is 5.12. The zero-order chi connectivity index (χ0) is 16.6. The van der Waals surface area contributed by atoms with Crippen LogP contribution >= 0.6 is 11.6 Å². The number of rotatable bonds is 3. The molecule has 0 bridgehead atoms. The number of carbonyl (C=O) groups excluding carboxylic acids is 1. The minimum atomic E-state index is -3.78. The maximum absolute atomic E-state index is 12.9. The molecule has 0 spiro atoms.